The first-order valence-corrected chi connectivity index (χ1v) is 8.73. The molecule has 0 spiro atoms. The SMILES string of the molecule is CC(C)C(=O)Nc1ccc2c(c1)OCC(=O)N2CCN1CCOCC1. The summed E-state index contributed by atoms with van der Waals surface area (Å²) in [5.41, 5.74) is 1.44. The Labute approximate surface area is 147 Å². The number of hydrogen-bond donors (Lipinski definition) is 1. The molecule has 0 aliphatic carbocycles. The van der Waals surface area contributed by atoms with Crippen LogP contribution in [0.15, 0.2) is 18.2 Å². The van der Waals surface area contributed by atoms with E-state index in [1.54, 1.807) is 11.0 Å². The quantitative estimate of drug-likeness (QED) is 0.870. The van der Waals surface area contributed by atoms with Crippen LogP contribution < -0.4 is 15.0 Å². The summed E-state index contributed by atoms with van der Waals surface area (Å²) in [7, 11) is 0. The van der Waals surface area contributed by atoms with Gasteiger partial charge in [-0.15, -0.1) is 0 Å². The van der Waals surface area contributed by atoms with E-state index in [4.69, 9.17) is 9.47 Å². The summed E-state index contributed by atoms with van der Waals surface area (Å²) in [5, 5.41) is 2.86. The third kappa shape index (κ3) is 4.29. The third-order valence-corrected chi connectivity index (χ3v) is 4.44. The first-order chi connectivity index (χ1) is 12.0. The van der Waals surface area contributed by atoms with Crippen molar-refractivity contribution < 1.29 is 19.1 Å². The molecular weight excluding hydrogens is 322 g/mol. The minimum Gasteiger partial charge on any atom is -0.481 e. The Morgan fingerprint density at radius 3 is 2.72 bits per heavy atom. The van der Waals surface area contributed by atoms with Gasteiger partial charge in [0.25, 0.3) is 5.91 Å². The number of carbonyl (C=O) groups excluding carboxylic acids is 2. The molecule has 0 atom stereocenters. The van der Waals surface area contributed by atoms with Crippen molar-refractivity contribution in [1.29, 1.82) is 0 Å². The largest absolute Gasteiger partial charge is 0.481 e. The number of fused-ring (bicyclic) bond motifs is 1. The van der Waals surface area contributed by atoms with Gasteiger partial charge in [-0.3, -0.25) is 14.5 Å². The second-order valence-corrected chi connectivity index (χ2v) is 6.61. The van der Waals surface area contributed by atoms with Gasteiger partial charge < -0.3 is 19.7 Å². The van der Waals surface area contributed by atoms with Crippen molar-refractivity contribution in [2.24, 2.45) is 5.92 Å². The molecule has 0 unspecified atom stereocenters. The molecule has 2 heterocycles. The van der Waals surface area contributed by atoms with Crippen LogP contribution in [-0.2, 0) is 14.3 Å². The van der Waals surface area contributed by atoms with Crippen LogP contribution >= 0.6 is 0 Å². The number of anilines is 2. The minimum atomic E-state index is -0.0939. The van der Waals surface area contributed by atoms with Gasteiger partial charge in [-0.1, -0.05) is 13.8 Å². The van der Waals surface area contributed by atoms with Gasteiger partial charge in [-0.2, -0.15) is 0 Å². The molecular formula is C18H25N3O4. The number of hydrogen-bond acceptors (Lipinski definition) is 5. The molecule has 1 fully saturated rings. The van der Waals surface area contributed by atoms with Gasteiger partial charge >= 0.3 is 0 Å². The van der Waals surface area contributed by atoms with Gasteiger partial charge in [-0.25, -0.2) is 0 Å². The summed E-state index contributed by atoms with van der Waals surface area (Å²) < 4.78 is 10.9. The van der Waals surface area contributed by atoms with Gasteiger partial charge in [0.2, 0.25) is 5.91 Å². The normalized spacial score (nSPS) is 18.0. The smallest absolute Gasteiger partial charge is 0.265 e. The molecule has 136 valence electrons. The number of ether oxygens (including phenoxy) is 2. The lowest BCUT2D eigenvalue weighted by Crippen LogP contribution is -2.45. The molecule has 1 saturated heterocycles. The molecule has 0 aromatic heterocycles. The van der Waals surface area contributed by atoms with Crippen molar-refractivity contribution in [2.45, 2.75) is 13.8 Å². The van der Waals surface area contributed by atoms with E-state index >= 15 is 0 Å². The standard InChI is InChI=1S/C18H25N3O4/c1-13(2)18(23)19-14-3-4-15-16(11-14)25-12-17(22)21(15)6-5-20-7-9-24-10-8-20/h3-4,11,13H,5-10,12H2,1-2H3,(H,19,23). The van der Waals surface area contributed by atoms with E-state index in [0.29, 0.717) is 18.0 Å². The summed E-state index contributed by atoms with van der Waals surface area (Å²) >= 11 is 0. The highest BCUT2D eigenvalue weighted by molar-refractivity contribution is 5.99. The van der Waals surface area contributed by atoms with Crippen LogP contribution in [0.25, 0.3) is 0 Å². The van der Waals surface area contributed by atoms with E-state index in [1.807, 2.05) is 26.0 Å². The summed E-state index contributed by atoms with van der Waals surface area (Å²) in [6, 6.07) is 5.42. The molecule has 1 aromatic rings. The first-order valence-electron chi connectivity index (χ1n) is 8.73. The maximum absolute atomic E-state index is 12.3. The molecule has 0 saturated carbocycles. The molecule has 3 rings (SSSR count). The fourth-order valence-corrected chi connectivity index (χ4v) is 2.88. The zero-order valence-electron chi connectivity index (χ0n) is 14.8. The molecule has 7 nitrogen and oxygen atoms in total. The number of nitrogens with one attached hydrogen (secondary N) is 1. The number of morpholine rings is 1. The lowest BCUT2D eigenvalue weighted by atomic mass is 10.1. The summed E-state index contributed by atoms with van der Waals surface area (Å²) in [5.74, 6) is 0.447. The maximum atomic E-state index is 12.3. The zero-order valence-corrected chi connectivity index (χ0v) is 14.8. The van der Waals surface area contributed by atoms with Crippen LogP contribution in [0.2, 0.25) is 0 Å². The Bertz CT molecular complexity index is 641. The number of amides is 2. The fourth-order valence-electron chi connectivity index (χ4n) is 2.88. The Kier molecular flexibility index (Phi) is 5.55. The molecule has 1 N–H and O–H groups in total. The van der Waals surface area contributed by atoms with Crippen LogP contribution in [0.1, 0.15) is 13.8 Å². The summed E-state index contributed by atoms with van der Waals surface area (Å²) in [6.07, 6.45) is 0. The van der Waals surface area contributed by atoms with Gasteiger partial charge in [0, 0.05) is 43.9 Å². The van der Waals surface area contributed by atoms with Crippen LogP contribution in [0.3, 0.4) is 0 Å². The maximum Gasteiger partial charge on any atom is 0.265 e. The number of rotatable bonds is 5. The lowest BCUT2D eigenvalue weighted by molar-refractivity contribution is -0.121. The molecule has 2 aliphatic heterocycles. The highest BCUT2D eigenvalue weighted by atomic mass is 16.5. The van der Waals surface area contributed by atoms with Crippen LogP contribution in [0.4, 0.5) is 11.4 Å². The van der Waals surface area contributed by atoms with Gasteiger partial charge in [0.1, 0.15) is 5.75 Å². The second kappa shape index (κ2) is 7.84. The predicted molar refractivity (Wildman–Crippen MR) is 95.0 cm³/mol. The highest BCUT2D eigenvalue weighted by Gasteiger charge is 2.26. The molecule has 7 heteroatoms. The van der Waals surface area contributed by atoms with Crippen molar-refractivity contribution >= 4 is 23.2 Å². The zero-order chi connectivity index (χ0) is 17.8. The minimum absolute atomic E-state index is 0.0255. The number of nitrogens with zero attached hydrogens (tertiary/aromatic N) is 2. The summed E-state index contributed by atoms with van der Waals surface area (Å²) in [6.45, 7) is 8.41. The third-order valence-electron chi connectivity index (χ3n) is 4.44. The monoisotopic (exact) mass is 347 g/mol. The molecule has 0 bridgehead atoms. The Morgan fingerprint density at radius 1 is 1.24 bits per heavy atom. The van der Waals surface area contributed by atoms with Crippen molar-refractivity contribution in [1.82, 2.24) is 4.90 Å². The first kappa shape index (κ1) is 17.7. The van der Waals surface area contributed by atoms with E-state index in [0.717, 1.165) is 38.5 Å². The average Bonchev–Trinajstić information content (AvgIpc) is 2.61. The van der Waals surface area contributed by atoms with Crippen LogP contribution in [0.5, 0.6) is 5.75 Å². The van der Waals surface area contributed by atoms with Crippen LogP contribution in [-0.4, -0.2) is 62.7 Å². The number of carbonyl (C=O) groups is 2. The van der Waals surface area contributed by atoms with Crippen molar-refractivity contribution in [2.75, 3.05) is 56.2 Å². The fraction of sp³-hybridized carbons (Fsp3) is 0.556. The van der Waals surface area contributed by atoms with Crippen molar-refractivity contribution in [3.8, 4) is 5.75 Å². The van der Waals surface area contributed by atoms with E-state index in [1.165, 1.54) is 0 Å². The van der Waals surface area contributed by atoms with E-state index in [9.17, 15) is 9.59 Å². The topological polar surface area (TPSA) is 71.1 Å². The van der Waals surface area contributed by atoms with Crippen molar-refractivity contribution in [3.63, 3.8) is 0 Å². The Morgan fingerprint density at radius 2 is 2.00 bits per heavy atom. The molecule has 2 aliphatic rings. The molecule has 2 amide bonds. The van der Waals surface area contributed by atoms with E-state index < -0.39 is 0 Å². The van der Waals surface area contributed by atoms with E-state index in [2.05, 4.69) is 10.2 Å². The number of benzene rings is 1. The summed E-state index contributed by atoms with van der Waals surface area (Å²) in [4.78, 5) is 28.2. The average molecular weight is 347 g/mol. The van der Waals surface area contributed by atoms with E-state index in [-0.39, 0.29) is 24.3 Å². The van der Waals surface area contributed by atoms with Gasteiger partial charge in [-0.05, 0) is 12.1 Å². The van der Waals surface area contributed by atoms with Gasteiger partial charge in [0.15, 0.2) is 6.61 Å². The van der Waals surface area contributed by atoms with Crippen LogP contribution in [0, 0.1) is 5.92 Å². The van der Waals surface area contributed by atoms with Crippen molar-refractivity contribution in [3.05, 3.63) is 18.2 Å². The van der Waals surface area contributed by atoms with Gasteiger partial charge in [0.05, 0.1) is 18.9 Å². The highest BCUT2D eigenvalue weighted by Crippen LogP contribution is 2.34. The second-order valence-electron chi connectivity index (χ2n) is 6.61. The molecule has 1 aromatic carbocycles. The lowest BCUT2D eigenvalue weighted by Gasteiger charge is -2.33. The molecule has 0 radical (unpaired) electrons. The predicted octanol–water partition coefficient (Wildman–Crippen LogP) is 1.34. The Balaban J connectivity index is 1.69. The Hall–Kier alpha value is -2.12. The molecule has 25 heavy (non-hydrogen) atoms.